The summed E-state index contributed by atoms with van der Waals surface area (Å²) >= 11 is 0. The number of aliphatic hydroxyl groups is 1. The van der Waals surface area contributed by atoms with Gasteiger partial charge in [-0.25, -0.2) is 0 Å². The second-order valence-electron chi connectivity index (χ2n) is 14.9. The zero-order valence-corrected chi connectivity index (χ0v) is 21.9. The summed E-state index contributed by atoms with van der Waals surface area (Å²) in [5.74, 6) is 1.71. The van der Waals surface area contributed by atoms with Crippen LogP contribution in [0.15, 0.2) is 11.6 Å². The van der Waals surface area contributed by atoms with Crippen molar-refractivity contribution in [1.82, 2.24) is 0 Å². The molecule has 32 heavy (non-hydrogen) atoms. The molecule has 0 aromatic carbocycles. The van der Waals surface area contributed by atoms with E-state index in [1.165, 1.54) is 44.8 Å². The third-order valence-corrected chi connectivity index (χ3v) is 12.9. The van der Waals surface area contributed by atoms with Crippen LogP contribution in [-0.4, -0.2) is 17.5 Å². The molecule has 2 nitrogen and oxygen atoms in total. The third kappa shape index (κ3) is 2.71. The van der Waals surface area contributed by atoms with E-state index in [0.717, 1.165) is 25.7 Å². The molecule has 5 aliphatic carbocycles. The van der Waals surface area contributed by atoms with Crippen LogP contribution < -0.4 is 0 Å². The van der Waals surface area contributed by atoms with Crippen LogP contribution in [0.2, 0.25) is 0 Å². The molecule has 0 radical (unpaired) electrons. The zero-order chi connectivity index (χ0) is 23.4. The van der Waals surface area contributed by atoms with Gasteiger partial charge in [-0.15, -0.1) is 0 Å². The van der Waals surface area contributed by atoms with E-state index in [1.54, 1.807) is 5.57 Å². The number of carbonyl (C=O) groups excluding carboxylic acids is 1. The van der Waals surface area contributed by atoms with Crippen molar-refractivity contribution in [3.63, 3.8) is 0 Å². The number of hydrogen-bond donors (Lipinski definition) is 1. The molecule has 1 N–H and O–H groups in total. The minimum Gasteiger partial charge on any atom is -0.393 e. The quantitative estimate of drug-likeness (QED) is 0.342. The molecule has 4 saturated carbocycles. The Morgan fingerprint density at radius 1 is 0.875 bits per heavy atom. The third-order valence-electron chi connectivity index (χ3n) is 12.9. The summed E-state index contributed by atoms with van der Waals surface area (Å²) in [5, 5.41) is 10.9. The van der Waals surface area contributed by atoms with Crippen LogP contribution in [-0.2, 0) is 4.79 Å². The summed E-state index contributed by atoms with van der Waals surface area (Å²) in [4.78, 5) is 12.6. The Morgan fingerprint density at radius 3 is 2.25 bits per heavy atom. The Labute approximate surface area is 197 Å². The number of hydrogen-bond acceptors (Lipinski definition) is 2. The Morgan fingerprint density at radius 2 is 1.56 bits per heavy atom. The molecule has 0 spiro atoms. The van der Waals surface area contributed by atoms with E-state index in [4.69, 9.17) is 0 Å². The van der Waals surface area contributed by atoms with Gasteiger partial charge >= 0.3 is 0 Å². The first-order chi connectivity index (χ1) is 14.8. The van der Waals surface area contributed by atoms with Gasteiger partial charge in [0.1, 0.15) is 6.29 Å². The minimum absolute atomic E-state index is 0.00581. The monoisotopic (exact) mass is 440 g/mol. The lowest BCUT2D eigenvalue weighted by Crippen LogP contribution is -2.64. The average molecular weight is 441 g/mol. The molecule has 8 atom stereocenters. The van der Waals surface area contributed by atoms with Crippen molar-refractivity contribution in [3.8, 4) is 0 Å². The lowest BCUT2D eigenvalue weighted by molar-refractivity contribution is -0.202. The minimum atomic E-state index is -0.164. The van der Waals surface area contributed by atoms with Crippen LogP contribution in [0.4, 0.5) is 0 Å². The van der Waals surface area contributed by atoms with E-state index in [-0.39, 0.29) is 27.8 Å². The van der Waals surface area contributed by atoms with Gasteiger partial charge in [0.2, 0.25) is 0 Å². The molecule has 3 unspecified atom stereocenters. The Balaban J connectivity index is 1.59. The van der Waals surface area contributed by atoms with E-state index < -0.39 is 0 Å². The maximum absolute atomic E-state index is 12.6. The summed E-state index contributed by atoms with van der Waals surface area (Å²) in [6.45, 7) is 17.3. The van der Waals surface area contributed by atoms with Crippen LogP contribution in [0.25, 0.3) is 0 Å². The summed E-state index contributed by atoms with van der Waals surface area (Å²) < 4.78 is 0. The molecule has 0 aromatic heterocycles. The Hall–Kier alpha value is -0.630. The van der Waals surface area contributed by atoms with Crippen molar-refractivity contribution in [3.05, 3.63) is 11.6 Å². The number of aldehydes is 1. The van der Waals surface area contributed by atoms with Crippen LogP contribution in [0.1, 0.15) is 113 Å². The molecule has 5 rings (SSSR count). The standard InChI is InChI=1S/C30H48O2/c1-25(2)14-16-30(19-31)17-15-28(6)20(21(30)18-25)8-9-23-27(5)12-11-24(32)26(3,4)22(27)10-13-29(23,28)7/h8,19,21-24,32H,9-18H2,1-7H3/t21-,22?,23?,24-,27-,28?,29+,30+/m0/s1. The highest BCUT2D eigenvalue weighted by Crippen LogP contribution is 2.75. The van der Waals surface area contributed by atoms with Gasteiger partial charge in [0.05, 0.1) is 6.10 Å². The van der Waals surface area contributed by atoms with Gasteiger partial charge in [-0.05, 0) is 109 Å². The first kappa shape index (κ1) is 23.1. The Bertz CT molecular complexity index is 838. The molecule has 5 aliphatic rings. The summed E-state index contributed by atoms with van der Waals surface area (Å²) in [5.41, 5.74) is 2.69. The number of carbonyl (C=O) groups is 1. The van der Waals surface area contributed by atoms with Crippen molar-refractivity contribution < 1.29 is 9.90 Å². The van der Waals surface area contributed by atoms with E-state index in [1.807, 2.05) is 0 Å². The smallest absolute Gasteiger partial charge is 0.126 e. The molecule has 0 aliphatic heterocycles. The predicted octanol–water partition coefficient (Wildman–Crippen LogP) is 7.35. The largest absolute Gasteiger partial charge is 0.393 e. The van der Waals surface area contributed by atoms with Gasteiger partial charge in [0.25, 0.3) is 0 Å². The van der Waals surface area contributed by atoms with E-state index in [0.29, 0.717) is 28.6 Å². The molecular weight excluding hydrogens is 392 g/mol. The van der Waals surface area contributed by atoms with Gasteiger partial charge in [0.15, 0.2) is 0 Å². The molecule has 2 heteroatoms. The number of aliphatic hydroxyl groups excluding tert-OH is 1. The number of fused-ring (bicyclic) bond motifs is 7. The molecule has 0 bridgehead atoms. The zero-order valence-electron chi connectivity index (χ0n) is 21.9. The average Bonchev–Trinajstić information content (AvgIpc) is 2.71. The molecule has 0 aromatic rings. The summed E-state index contributed by atoms with van der Waals surface area (Å²) in [6.07, 6.45) is 15.4. The second kappa shape index (κ2) is 6.73. The fraction of sp³-hybridized carbons (Fsp3) is 0.900. The van der Waals surface area contributed by atoms with E-state index >= 15 is 0 Å². The van der Waals surface area contributed by atoms with E-state index in [9.17, 15) is 9.90 Å². The first-order valence-corrected chi connectivity index (χ1v) is 13.6. The Kier molecular flexibility index (Phi) is 4.87. The maximum atomic E-state index is 12.6. The molecule has 0 heterocycles. The van der Waals surface area contributed by atoms with Crippen LogP contribution in [0.5, 0.6) is 0 Å². The SMILES string of the molecule is CC1(C)CC[C@]2(C=O)CCC3(C)C(=CCC4[C@@]5(C)CC[C@H](O)C(C)(C)C5CC[C@]43C)[C@@H]2C1. The topological polar surface area (TPSA) is 37.3 Å². The van der Waals surface area contributed by atoms with Crippen molar-refractivity contribution in [2.24, 2.45) is 50.2 Å². The highest BCUT2D eigenvalue weighted by atomic mass is 16.3. The van der Waals surface area contributed by atoms with Gasteiger partial charge in [-0.2, -0.15) is 0 Å². The highest BCUT2D eigenvalue weighted by molar-refractivity contribution is 5.63. The number of allylic oxidation sites excluding steroid dienone is 2. The van der Waals surface area contributed by atoms with Crippen molar-refractivity contribution in [1.29, 1.82) is 0 Å². The summed E-state index contributed by atoms with van der Waals surface area (Å²) in [6, 6.07) is 0. The molecule has 4 fully saturated rings. The molecular formula is C30H48O2. The van der Waals surface area contributed by atoms with E-state index in [2.05, 4.69) is 54.5 Å². The molecule has 0 saturated heterocycles. The lowest BCUT2D eigenvalue weighted by atomic mass is 9.33. The van der Waals surface area contributed by atoms with Crippen LogP contribution in [0.3, 0.4) is 0 Å². The second-order valence-corrected chi connectivity index (χ2v) is 14.9. The molecule has 180 valence electrons. The summed E-state index contributed by atoms with van der Waals surface area (Å²) in [7, 11) is 0. The van der Waals surface area contributed by atoms with Crippen LogP contribution in [0, 0.1) is 50.2 Å². The predicted molar refractivity (Wildman–Crippen MR) is 131 cm³/mol. The first-order valence-electron chi connectivity index (χ1n) is 13.6. The van der Waals surface area contributed by atoms with Crippen molar-refractivity contribution in [2.45, 2.75) is 119 Å². The van der Waals surface area contributed by atoms with Crippen molar-refractivity contribution >= 4 is 6.29 Å². The van der Waals surface area contributed by atoms with Gasteiger partial charge < -0.3 is 9.90 Å². The van der Waals surface area contributed by atoms with Gasteiger partial charge in [-0.1, -0.05) is 60.1 Å². The fourth-order valence-corrected chi connectivity index (χ4v) is 10.5. The van der Waals surface area contributed by atoms with Crippen molar-refractivity contribution in [2.75, 3.05) is 0 Å². The number of rotatable bonds is 1. The van der Waals surface area contributed by atoms with Gasteiger partial charge in [0, 0.05) is 5.41 Å². The normalized spacial score (nSPS) is 53.7. The molecule has 0 amide bonds. The van der Waals surface area contributed by atoms with Gasteiger partial charge in [-0.3, -0.25) is 0 Å². The highest BCUT2D eigenvalue weighted by Gasteiger charge is 2.68. The fourth-order valence-electron chi connectivity index (χ4n) is 10.5. The van der Waals surface area contributed by atoms with Crippen LogP contribution >= 0.6 is 0 Å². The lowest BCUT2D eigenvalue weighted by Gasteiger charge is -2.71. The maximum Gasteiger partial charge on any atom is 0.126 e.